The average Bonchev–Trinajstić information content (AvgIpc) is 2.39. The van der Waals surface area contributed by atoms with E-state index in [-0.39, 0.29) is 11.3 Å². The molecule has 1 heterocycles. The van der Waals surface area contributed by atoms with Gasteiger partial charge in [-0.15, -0.1) is 0 Å². The second kappa shape index (κ2) is 4.91. The zero-order chi connectivity index (χ0) is 13.1. The highest BCUT2D eigenvalue weighted by atomic mass is 35.5. The number of hydrogen-bond donors (Lipinski definition) is 0. The lowest BCUT2D eigenvalue weighted by Gasteiger charge is -2.07. The molecule has 0 amide bonds. The molecule has 1 aromatic heterocycles. The van der Waals surface area contributed by atoms with Gasteiger partial charge in [-0.2, -0.15) is 0 Å². The fraction of sp³-hybridized carbons (Fsp3) is 0.0909. The second-order valence-electron chi connectivity index (χ2n) is 3.34. The number of azide groups is 1. The summed E-state index contributed by atoms with van der Waals surface area (Å²) in [4.78, 5) is 18.3. The van der Waals surface area contributed by atoms with E-state index in [2.05, 4.69) is 19.7 Å². The molecule has 0 bridgehead atoms. The fourth-order valence-corrected chi connectivity index (χ4v) is 1.81. The highest BCUT2D eigenvalue weighted by molar-refractivity contribution is 6.35. The van der Waals surface area contributed by atoms with Crippen molar-refractivity contribution in [3.63, 3.8) is 0 Å². The minimum absolute atomic E-state index is 0.102. The minimum Gasteiger partial charge on any atom is -0.465 e. The molecule has 0 aliphatic rings. The van der Waals surface area contributed by atoms with Crippen LogP contribution in [0.15, 0.2) is 29.5 Å². The third kappa shape index (κ3) is 1.95. The maximum atomic E-state index is 11.6. The van der Waals surface area contributed by atoms with Gasteiger partial charge in [0, 0.05) is 16.5 Å². The van der Waals surface area contributed by atoms with Crippen LogP contribution in [0.25, 0.3) is 21.3 Å². The van der Waals surface area contributed by atoms with Gasteiger partial charge in [0.2, 0.25) is 0 Å². The van der Waals surface area contributed by atoms with E-state index in [0.717, 1.165) is 0 Å². The predicted octanol–water partition coefficient (Wildman–Crippen LogP) is 3.62. The molecule has 0 spiro atoms. The summed E-state index contributed by atoms with van der Waals surface area (Å²) < 4.78 is 4.61. The van der Waals surface area contributed by atoms with Crippen LogP contribution in [0.4, 0.5) is 5.69 Å². The Balaban J connectivity index is 2.87. The van der Waals surface area contributed by atoms with Crippen LogP contribution in [0.5, 0.6) is 0 Å². The standard InChI is InChI=1S/C11H7ClN4O2/c1-18-11(17)7-5-14-10-6(9(7)15-16-13)3-2-4-8(10)12/h2-5H,1H3. The molecule has 2 aromatic rings. The molecule has 0 aliphatic heterocycles. The van der Waals surface area contributed by atoms with Gasteiger partial charge in [0.15, 0.2) is 0 Å². The summed E-state index contributed by atoms with van der Waals surface area (Å²) in [6, 6.07) is 5.02. The van der Waals surface area contributed by atoms with Crippen molar-refractivity contribution < 1.29 is 9.53 Å². The van der Waals surface area contributed by atoms with Crippen molar-refractivity contribution in [2.45, 2.75) is 0 Å². The summed E-state index contributed by atoms with van der Waals surface area (Å²) >= 11 is 5.98. The Hall–Kier alpha value is -2.30. The zero-order valence-electron chi connectivity index (χ0n) is 9.29. The number of carbonyl (C=O) groups is 1. The maximum absolute atomic E-state index is 11.6. The fourth-order valence-electron chi connectivity index (χ4n) is 1.58. The van der Waals surface area contributed by atoms with Crippen molar-refractivity contribution in [3.05, 3.63) is 45.4 Å². The number of ether oxygens (including phenoxy) is 1. The summed E-state index contributed by atoms with van der Waals surface area (Å²) in [5, 5.41) is 4.44. The van der Waals surface area contributed by atoms with Crippen molar-refractivity contribution in [2.24, 2.45) is 5.11 Å². The molecular weight excluding hydrogens is 256 g/mol. The van der Waals surface area contributed by atoms with Crippen molar-refractivity contribution in [1.29, 1.82) is 0 Å². The van der Waals surface area contributed by atoms with Gasteiger partial charge < -0.3 is 4.74 Å². The van der Waals surface area contributed by atoms with E-state index in [1.165, 1.54) is 13.3 Å². The Morgan fingerprint density at radius 3 is 3.00 bits per heavy atom. The lowest BCUT2D eigenvalue weighted by Crippen LogP contribution is -2.02. The second-order valence-corrected chi connectivity index (χ2v) is 3.74. The highest BCUT2D eigenvalue weighted by Crippen LogP contribution is 2.32. The Morgan fingerprint density at radius 1 is 1.56 bits per heavy atom. The topological polar surface area (TPSA) is 88.0 Å². The molecule has 0 saturated heterocycles. The number of rotatable bonds is 2. The number of nitrogens with zero attached hydrogens (tertiary/aromatic N) is 4. The van der Waals surface area contributed by atoms with E-state index in [9.17, 15) is 4.79 Å². The predicted molar refractivity (Wildman–Crippen MR) is 66.9 cm³/mol. The Kier molecular flexibility index (Phi) is 3.32. The van der Waals surface area contributed by atoms with Crippen molar-refractivity contribution in [3.8, 4) is 0 Å². The van der Waals surface area contributed by atoms with Gasteiger partial charge in [-0.1, -0.05) is 28.8 Å². The van der Waals surface area contributed by atoms with Crippen molar-refractivity contribution in [2.75, 3.05) is 7.11 Å². The van der Waals surface area contributed by atoms with Gasteiger partial charge in [-0.25, -0.2) is 4.79 Å². The highest BCUT2D eigenvalue weighted by Gasteiger charge is 2.15. The lowest BCUT2D eigenvalue weighted by molar-refractivity contribution is 0.0601. The smallest absolute Gasteiger partial charge is 0.339 e. The van der Waals surface area contributed by atoms with E-state index in [1.54, 1.807) is 18.2 Å². The van der Waals surface area contributed by atoms with Crippen LogP contribution in [0.1, 0.15) is 10.4 Å². The quantitative estimate of drug-likeness (QED) is 0.358. The van der Waals surface area contributed by atoms with Crippen molar-refractivity contribution >= 4 is 34.2 Å². The molecule has 18 heavy (non-hydrogen) atoms. The molecular formula is C11H7ClN4O2. The van der Waals surface area contributed by atoms with Gasteiger partial charge in [0.25, 0.3) is 0 Å². The number of aromatic nitrogens is 1. The number of esters is 1. The van der Waals surface area contributed by atoms with E-state index in [4.69, 9.17) is 17.1 Å². The third-order valence-corrected chi connectivity index (χ3v) is 2.67. The van der Waals surface area contributed by atoms with Gasteiger partial charge in [0.1, 0.15) is 0 Å². The van der Waals surface area contributed by atoms with Crippen LogP contribution in [0.3, 0.4) is 0 Å². The summed E-state index contributed by atoms with van der Waals surface area (Å²) in [6.07, 6.45) is 1.28. The van der Waals surface area contributed by atoms with E-state index in [0.29, 0.717) is 15.9 Å². The molecule has 90 valence electrons. The zero-order valence-corrected chi connectivity index (χ0v) is 10.0. The van der Waals surface area contributed by atoms with Crippen molar-refractivity contribution in [1.82, 2.24) is 4.98 Å². The molecule has 0 N–H and O–H groups in total. The Bertz CT molecular complexity index is 680. The molecule has 0 atom stereocenters. The van der Waals surface area contributed by atoms with E-state index in [1.807, 2.05) is 0 Å². The number of pyridine rings is 1. The van der Waals surface area contributed by atoms with Gasteiger partial charge >= 0.3 is 5.97 Å². The van der Waals surface area contributed by atoms with Crippen LogP contribution in [0.2, 0.25) is 5.02 Å². The van der Waals surface area contributed by atoms with Gasteiger partial charge in [0.05, 0.1) is 28.9 Å². The molecule has 0 unspecified atom stereocenters. The lowest BCUT2D eigenvalue weighted by atomic mass is 10.1. The number of para-hydroxylation sites is 1. The molecule has 0 saturated carbocycles. The van der Waals surface area contributed by atoms with Gasteiger partial charge in [-0.05, 0) is 11.6 Å². The number of carbonyl (C=O) groups excluding carboxylic acids is 1. The molecule has 6 nitrogen and oxygen atoms in total. The van der Waals surface area contributed by atoms with Crippen LogP contribution in [-0.4, -0.2) is 18.1 Å². The molecule has 0 radical (unpaired) electrons. The number of methoxy groups -OCH3 is 1. The molecule has 0 aliphatic carbocycles. The first-order valence-electron chi connectivity index (χ1n) is 4.89. The molecule has 1 aromatic carbocycles. The van der Waals surface area contributed by atoms with Crippen LogP contribution in [0, 0.1) is 0 Å². The maximum Gasteiger partial charge on any atom is 0.339 e. The largest absolute Gasteiger partial charge is 0.465 e. The monoisotopic (exact) mass is 262 g/mol. The Labute approximate surface area is 107 Å². The van der Waals surface area contributed by atoms with Gasteiger partial charge in [-0.3, -0.25) is 4.98 Å². The number of benzene rings is 1. The SMILES string of the molecule is COC(=O)c1cnc2c(Cl)cccc2c1N=[N+]=[N-]. The minimum atomic E-state index is -0.619. The summed E-state index contributed by atoms with van der Waals surface area (Å²) in [5.41, 5.74) is 9.31. The number of hydrogen-bond acceptors (Lipinski definition) is 4. The summed E-state index contributed by atoms with van der Waals surface area (Å²) in [5.74, 6) is -0.619. The first-order chi connectivity index (χ1) is 8.69. The molecule has 0 fully saturated rings. The first kappa shape index (κ1) is 12.2. The van der Waals surface area contributed by atoms with Crippen LogP contribution >= 0.6 is 11.6 Å². The number of fused-ring (bicyclic) bond motifs is 1. The van der Waals surface area contributed by atoms with Crippen LogP contribution < -0.4 is 0 Å². The normalized spacial score (nSPS) is 9.89. The van der Waals surface area contributed by atoms with Crippen LogP contribution in [-0.2, 0) is 4.74 Å². The first-order valence-corrected chi connectivity index (χ1v) is 5.27. The van der Waals surface area contributed by atoms with E-state index >= 15 is 0 Å². The third-order valence-electron chi connectivity index (χ3n) is 2.37. The Morgan fingerprint density at radius 2 is 2.33 bits per heavy atom. The summed E-state index contributed by atoms with van der Waals surface area (Å²) in [7, 11) is 1.24. The molecule has 7 heteroatoms. The van der Waals surface area contributed by atoms with E-state index < -0.39 is 5.97 Å². The number of halogens is 1. The average molecular weight is 263 g/mol. The summed E-state index contributed by atoms with van der Waals surface area (Å²) in [6.45, 7) is 0. The molecule has 2 rings (SSSR count).